The second kappa shape index (κ2) is 10.0. The summed E-state index contributed by atoms with van der Waals surface area (Å²) in [5, 5.41) is 4.83. The molecule has 7 heteroatoms. The van der Waals surface area contributed by atoms with E-state index in [0.29, 0.717) is 30.4 Å². The summed E-state index contributed by atoms with van der Waals surface area (Å²) in [5.74, 6) is 0.973. The maximum absolute atomic E-state index is 11.9. The number of hydrogen-bond acceptors (Lipinski definition) is 5. The summed E-state index contributed by atoms with van der Waals surface area (Å²) < 4.78 is 11.6. The third kappa shape index (κ3) is 5.45. The molecule has 1 heterocycles. The van der Waals surface area contributed by atoms with Crippen LogP contribution in [0.1, 0.15) is 37.3 Å². The van der Waals surface area contributed by atoms with Crippen LogP contribution in [0.2, 0.25) is 0 Å². The smallest absolute Gasteiger partial charge is 0.263 e. The second-order valence-electron chi connectivity index (χ2n) is 6.91. The van der Waals surface area contributed by atoms with Crippen LogP contribution in [0.25, 0.3) is 6.08 Å². The molecule has 1 atom stereocenters. The molecule has 0 saturated carbocycles. The Kier molecular flexibility index (Phi) is 7.19. The van der Waals surface area contributed by atoms with Gasteiger partial charge in [0, 0.05) is 0 Å². The standard InChI is InChI=1S/C23H24N2O4S/c1-3-15(2)18-6-4-5-7-20(18)29-13-12-28-17-10-8-16(9-11-17)14-19-21(26)24-23(30)25-22(19)27/h4-11,14-15H,3,12-13H2,1-2H3,(H2,24,25,26,27,30). The molecule has 1 fully saturated rings. The molecule has 156 valence electrons. The van der Waals surface area contributed by atoms with Crippen molar-refractivity contribution in [3.8, 4) is 11.5 Å². The Balaban J connectivity index is 1.54. The molecule has 2 amide bonds. The van der Waals surface area contributed by atoms with Gasteiger partial charge in [0.15, 0.2) is 5.11 Å². The summed E-state index contributed by atoms with van der Waals surface area (Å²) in [7, 11) is 0. The second-order valence-corrected chi connectivity index (χ2v) is 7.32. The lowest BCUT2D eigenvalue weighted by Crippen LogP contribution is -2.51. The largest absolute Gasteiger partial charge is 0.490 e. The van der Waals surface area contributed by atoms with Crippen molar-refractivity contribution >= 4 is 35.2 Å². The minimum atomic E-state index is -0.515. The lowest BCUT2D eigenvalue weighted by atomic mass is 9.98. The van der Waals surface area contributed by atoms with Gasteiger partial charge in [-0.3, -0.25) is 20.2 Å². The molecule has 0 aliphatic carbocycles. The Morgan fingerprint density at radius 3 is 2.27 bits per heavy atom. The van der Waals surface area contributed by atoms with E-state index in [4.69, 9.17) is 21.7 Å². The number of para-hydroxylation sites is 1. The number of ether oxygens (including phenoxy) is 2. The fourth-order valence-corrected chi connectivity index (χ4v) is 3.17. The van der Waals surface area contributed by atoms with Crippen LogP contribution in [0.4, 0.5) is 0 Å². The van der Waals surface area contributed by atoms with Crippen LogP contribution in [0, 0.1) is 0 Å². The molecular formula is C23H24N2O4S. The quantitative estimate of drug-likeness (QED) is 0.293. The zero-order valence-electron chi connectivity index (χ0n) is 16.9. The maximum Gasteiger partial charge on any atom is 0.263 e. The van der Waals surface area contributed by atoms with Crippen molar-refractivity contribution < 1.29 is 19.1 Å². The van der Waals surface area contributed by atoms with Gasteiger partial charge in [-0.15, -0.1) is 0 Å². The minimum absolute atomic E-state index is 0.00522. The fraction of sp³-hybridized carbons (Fsp3) is 0.261. The average molecular weight is 425 g/mol. The Bertz CT molecular complexity index is 947. The van der Waals surface area contributed by atoms with Gasteiger partial charge >= 0.3 is 0 Å². The van der Waals surface area contributed by atoms with Gasteiger partial charge in [-0.25, -0.2) is 0 Å². The summed E-state index contributed by atoms with van der Waals surface area (Å²) in [6, 6.07) is 15.2. The van der Waals surface area contributed by atoms with Gasteiger partial charge in [-0.05, 0) is 60.0 Å². The molecule has 2 N–H and O–H groups in total. The van der Waals surface area contributed by atoms with E-state index in [1.165, 1.54) is 11.6 Å². The maximum atomic E-state index is 11.9. The summed E-state index contributed by atoms with van der Waals surface area (Å²) >= 11 is 4.78. The average Bonchev–Trinajstić information content (AvgIpc) is 2.74. The highest BCUT2D eigenvalue weighted by Gasteiger charge is 2.25. The van der Waals surface area contributed by atoms with Crippen LogP contribution in [0.15, 0.2) is 54.1 Å². The fourth-order valence-electron chi connectivity index (χ4n) is 2.98. The number of thiocarbonyl (C=S) groups is 1. The van der Waals surface area contributed by atoms with Gasteiger partial charge < -0.3 is 9.47 Å². The normalized spacial score (nSPS) is 14.6. The molecule has 1 aliphatic rings. The molecular weight excluding hydrogens is 400 g/mol. The van der Waals surface area contributed by atoms with Crippen LogP contribution in [-0.2, 0) is 9.59 Å². The first kappa shape index (κ1) is 21.5. The monoisotopic (exact) mass is 424 g/mol. The third-order valence-corrected chi connectivity index (χ3v) is 5.01. The van der Waals surface area contributed by atoms with E-state index in [1.54, 1.807) is 24.3 Å². The van der Waals surface area contributed by atoms with E-state index in [1.807, 2.05) is 18.2 Å². The molecule has 1 unspecified atom stereocenters. The van der Waals surface area contributed by atoms with Crippen LogP contribution < -0.4 is 20.1 Å². The Morgan fingerprint density at radius 1 is 0.967 bits per heavy atom. The van der Waals surface area contributed by atoms with Crippen molar-refractivity contribution in [2.75, 3.05) is 13.2 Å². The SMILES string of the molecule is CCC(C)c1ccccc1OCCOc1ccc(C=C2C(=O)NC(=S)NC2=O)cc1. The van der Waals surface area contributed by atoms with Gasteiger partial charge in [0.25, 0.3) is 11.8 Å². The van der Waals surface area contributed by atoms with Gasteiger partial charge in [0.1, 0.15) is 30.3 Å². The Hall–Kier alpha value is -3.19. The van der Waals surface area contributed by atoms with Crippen LogP contribution >= 0.6 is 12.2 Å². The van der Waals surface area contributed by atoms with Crippen molar-refractivity contribution in [3.63, 3.8) is 0 Å². The summed E-state index contributed by atoms with van der Waals surface area (Å²) in [5.41, 5.74) is 1.91. The molecule has 3 rings (SSSR count). The molecule has 6 nitrogen and oxygen atoms in total. The van der Waals surface area contributed by atoms with Crippen molar-refractivity contribution in [3.05, 3.63) is 65.2 Å². The highest BCUT2D eigenvalue weighted by atomic mass is 32.1. The van der Waals surface area contributed by atoms with Gasteiger partial charge in [0.05, 0.1) is 0 Å². The predicted octanol–water partition coefficient (Wildman–Crippen LogP) is 3.57. The number of benzene rings is 2. The molecule has 2 aromatic rings. The highest BCUT2D eigenvalue weighted by molar-refractivity contribution is 7.80. The van der Waals surface area contributed by atoms with Gasteiger partial charge in [-0.2, -0.15) is 0 Å². The number of carbonyl (C=O) groups is 2. The zero-order valence-corrected chi connectivity index (χ0v) is 17.8. The van der Waals surface area contributed by atoms with E-state index in [9.17, 15) is 9.59 Å². The Labute approximate surface area is 181 Å². The first-order valence-electron chi connectivity index (χ1n) is 9.81. The zero-order chi connectivity index (χ0) is 21.5. The predicted molar refractivity (Wildman–Crippen MR) is 119 cm³/mol. The van der Waals surface area contributed by atoms with Crippen molar-refractivity contribution in [1.82, 2.24) is 10.6 Å². The van der Waals surface area contributed by atoms with Crippen LogP contribution in [0.5, 0.6) is 11.5 Å². The van der Waals surface area contributed by atoms with Crippen molar-refractivity contribution in [1.29, 1.82) is 0 Å². The van der Waals surface area contributed by atoms with Crippen molar-refractivity contribution in [2.45, 2.75) is 26.2 Å². The number of carbonyl (C=O) groups excluding carboxylic acids is 2. The molecule has 0 radical (unpaired) electrons. The molecule has 0 spiro atoms. The first-order chi connectivity index (χ1) is 14.5. The molecule has 2 aromatic carbocycles. The lowest BCUT2D eigenvalue weighted by molar-refractivity contribution is -0.123. The van der Waals surface area contributed by atoms with E-state index < -0.39 is 11.8 Å². The topological polar surface area (TPSA) is 76.7 Å². The molecule has 1 saturated heterocycles. The minimum Gasteiger partial charge on any atom is -0.490 e. The van der Waals surface area contributed by atoms with E-state index in [0.717, 1.165) is 12.2 Å². The van der Waals surface area contributed by atoms with E-state index in [2.05, 4.69) is 30.5 Å². The molecule has 1 aliphatic heterocycles. The molecule has 0 bridgehead atoms. The van der Waals surface area contributed by atoms with Gasteiger partial charge in [0.2, 0.25) is 0 Å². The number of rotatable bonds is 8. The van der Waals surface area contributed by atoms with E-state index in [-0.39, 0.29) is 10.7 Å². The van der Waals surface area contributed by atoms with E-state index >= 15 is 0 Å². The summed E-state index contributed by atoms with van der Waals surface area (Å²) in [4.78, 5) is 23.8. The number of amides is 2. The molecule has 0 aromatic heterocycles. The summed E-state index contributed by atoms with van der Waals surface area (Å²) in [6.45, 7) is 5.17. The van der Waals surface area contributed by atoms with Crippen LogP contribution in [0.3, 0.4) is 0 Å². The molecule has 30 heavy (non-hydrogen) atoms. The summed E-state index contributed by atoms with van der Waals surface area (Å²) in [6.07, 6.45) is 2.56. The number of nitrogens with one attached hydrogen (secondary N) is 2. The van der Waals surface area contributed by atoms with Crippen molar-refractivity contribution in [2.24, 2.45) is 0 Å². The lowest BCUT2D eigenvalue weighted by Gasteiger charge is -2.16. The third-order valence-electron chi connectivity index (χ3n) is 4.81. The van der Waals surface area contributed by atoms with Crippen LogP contribution in [-0.4, -0.2) is 30.1 Å². The highest BCUT2D eigenvalue weighted by Crippen LogP contribution is 2.28. The Morgan fingerprint density at radius 2 is 1.60 bits per heavy atom. The van der Waals surface area contributed by atoms with Gasteiger partial charge in [-0.1, -0.05) is 44.2 Å². The number of hydrogen-bond donors (Lipinski definition) is 2. The first-order valence-corrected chi connectivity index (χ1v) is 10.2.